The largest absolute Gasteiger partial charge is 0.463 e. The lowest BCUT2D eigenvalue weighted by Gasteiger charge is -2.29. The Morgan fingerprint density at radius 2 is 2.05 bits per heavy atom. The molecule has 2 aliphatic heterocycles. The Bertz CT molecular complexity index is 1460. The minimum atomic E-state index is -4.76. The van der Waals surface area contributed by atoms with Crippen LogP contribution in [0, 0.1) is 22.7 Å². The third kappa shape index (κ3) is 5.72. The summed E-state index contributed by atoms with van der Waals surface area (Å²) in [6, 6.07) is 10.4. The lowest BCUT2D eigenvalue weighted by molar-refractivity contribution is -0.140. The zero-order valence-corrected chi connectivity index (χ0v) is 21.9. The van der Waals surface area contributed by atoms with Crippen LogP contribution in [0.15, 0.2) is 58.1 Å². The van der Waals surface area contributed by atoms with Crippen LogP contribution in [0.3, 0.4) is 0 Å². The van der Waals surface area contributed by atoms with Crippen molar-refractivity contribution in [3.8, 4) is 12.1 Å². The molecule has 0 aliphatic carbocycles. The number of aromatic nitrogens is 1. The highest BCUT2D eigenvalue weighted by atomic mass is 32.2. The highest BCUT2D eigenvalue weighted by Crippen LogP contribution is 2.45. The second-order valence-electron chi connectivity index (χ2n) is 8.90. The molecule has 2 aromatic rings. The first-order valence-corrected chi connectivity index (χ1v) is 13.0. The predicted octanol–water partition coefficient (Wildman–Crippen LogP) is 4.38. The summed E-state index contributed by atoms with van der Waals surface area (Å²) in [5.41, 5.74) is 6.20. The van der Waals surface area contributed by atoms with Gasteiger partial charge in [-0.25, -0.2) is 9.78 Å². The van der Waals surface area contributed by atoms with Crippen LogP contribution in [0.4, 0.5) is 13.2 Å². The SMILES string of the molecule is CCOC(=O)C1=C(CSc2nc3c(cc2C#N)CN(C)CC3)OC(N)=C(C#N)[C@H]1c1ccccc1C(F)(F)F. The molecule has 1 aromatic carbocycles. The van der Waals surface area contributed by atoms with Gasteiger partial charge in [-0.05, 0) is 37.2 Å². The van der Waals surface area contributed by atoms with Crippen LogP contribution < -0.4 is 5.73 Å². The van der Waals surface area contributed by atoms with Gasteiger partial charge in [0, 0.05) is 25.2 Å². The quantitative estimate of drug-likeness (QED) is 0.408. The molecule has 0 amide bonds. The van der Waals surface area contributed by atoms with E-state index in [4.69, 9.17) is 15.2 Å². The molecule has 8 nitrogen and oxygen atoms in total. The zero-order chi connectivity index (χ0) is 28.3. The van der Waals surface area contributed by atoms with Crippen molar-refractivity contribution < 1.29 is 27.4 Å². The topological polar surface area (TPSA) is 125 Å². The molecule has 0 saturated heterocycles. The predicted molar refractivity (Wildman–Crippen MR) is 135 cm³/mol. The molecule has 0 unspecified atom stereocenters. The van der Waals surface area contributed by atoms with E-state index in [0.717, 1.165) is 35.6 Å². The number of carbonyl (C=O) groups excluding carboxylic acids is 1. The van der Waals surface area contributed by atoms with Gasteiger partial charge in [-0.3, -0.25) is 0 Å². The second-order valence-corrected chi connectivity index (χ2v) is 9.87. The summed E-state index contributed by atoms with van der Waals surface area (Å²) < 4.78 is 52.8. The zero-order valence-electron chi connectivity index (χ0n) is 21.1. The van der Waals surface area contributed by atoms with Crippen LogP contribution >= 0.6 is 11.8 Å². The number of nitrogens with zero attached hydrogens (tertiary/aromatic N) is 4. The lowest BCUT2D eigenvalue weighted by atomic mass is 9.81. The number of ether oxygens (including phenoxy) is 2. The van der Waals surface area contributed by atoms with E-state index in [0.29, 0.717) is 23.6 Å². The van der Waals surface area contributed by atoms with Crippen molar-refractivity contribution in [1.29, 1.82) is 10.5 Å². The number of pyridine rings is 1. The first-order chi connectivity index (χ1) is 18.6. The van der Waals surface area contributed by atoms with Gasteiger partial charge in [0.1, 0.15) is 28.5 Å². The highest BCUT2D eigenvalue weighted by Gasteiger charge is 2.43. The molecular weight excluding hydrogens is 531 g/mol. The summed E-state index contributed by atoms with van der Waals surface area (Å²) in [6.45, 7) is 2.95. The molecule has 1 atom stereocenters. The molecule has 0 radical (unpaired) electrons. The summed E-state index contributed by atoms with van der Waals surface area (Å²) in [6.07, 6.45) is -4.07. The average Bonchev–Trinajstić information content (AvgIpc) is 2.90. The van der Waals surface area contributed by atoms with Crippen molar-refractivity contribution in [2.24, 2.45) is 5.73 Å². The third-order valence-electron chi connectivity index (χ3n) is 6.36. The summed E-state index contributed by atoms with van der Waals surface area (Å²) in [5.74, 6) is -2.99. The number of alkyl halides is 3. The Balaban J connectivity index is 1.82. The fraction of sp³-hybridized carbons (Fsp3) is 0.333. The molecule has 2 N–H and O–H groups in total. The van der Waals surface area contributed by atoms with Crippen molar-refractivity contribution >= 4 is 17.7 Å². The van der Waals surface area contributed by atoms with Crippen LogP contribution in [0.2, 0.25) is 0 Å². The van der Waals surface area contributed by atoms with Crippen molar-refractivity contribution in [1.82, 2.24) is 9.88 Å². The molecular formula is C27H24F3N5O3S. The normalized spacial score (nSPS) is 17.7. The van der Waals surface area contributed by atoms with E-state index >= 15 is 0 Å². The van der Waals surface area contributed by atoms with E-state index in [1.54, 1.807) is 13.0 Å². The Morgan fingerprint density at radius 1 is 1.31 bits per heavy atom. The van der Waals surface area contributed by atoms with E-state index in [2.05, 4.69) is 16.0 Å². The van der Waals surface area contributed by atoms with Gasteiger partial charge in [0.25, 0.3) is 0 Å². The summed E-state index contributed by atoms with van der Waals surface area (Å²) >= 11 is 1.09. The molecule has 4 rings (SSSR count). The summed E-state index contributed by atoms with van der Waals surface area (Å²) in [7, 11) is 1.97. The Labute approximate surface area is 227 Å². The minimum absolute atomic E-state index is 0.0586. The van der Waals surface area contributed by atoms with Crippen LogP contribution in [-0.4, -0.2) is 41.8 Å². The first-order valence-electron chi connectivity index (χ1n) is 12.0. The Morgan fingerprint density at radius 3 is 2.72 bits per heavy atom. The molecule has 202 valence electrons. The molecule has 3 heterocycles. The molecule has 0 saturated carbocycles. The molecule has 2 aliphatic rings. The van der Waals surface area contributed by atoms with Gasteiger partial charge in [0.15, 0.2) is 0 Å². The number of nitriles is 2. The van der Waals surface area contributed by atoms with E-state index in [1.807, 2.05) is 13.1 Å². The Hall–Kier alpha value is -4.00. The van der Waals surface area contributed by atoms with Gasteiger partial charge in [-0.1, -0.05) is 30.0 Å². The van der Waals surface area contributed by atoms with Crippen molar-refractivity contribution in [2.75, 3.05) is 26.0 Å². The van der Waals surface area contributed by atoms with Gasteiger partial charge < -0.3 is 20.1 Å². The van der Waals surface area contributed by atoms with Gasteiger partial charge in [0.2, 0.25) is 5.88 Å². The second kappa shape index (κ2) is 11.4. The number of fused-ring (bicyclic) bond motifs is 1. The Kier molecular flexibility index (Phi) is 8.19. The van der Waals surface area contributed by atoms with Crippen LogP contribution in [0.5, 0.6) is 0 Å². The fourth-order valence-corrected chi connectivity index (χ4v) is 5.51. The van der Waals surface area contributed by atoms with Gasteiger partial charge in [0.05, 0.1) is 35.0 Å². The minimum Gasteiger partial charge on any atom is -0.463 e. The number of hydrogen-bond donors (Lipinski definition) is 1. The first kappa shape index (κ1) is 28.0. The van der Waals surface area contributed by atoms with Crippen molar-refractivity contribution in [3.63, 3.8) is 0 Å². The monoisotopic (exact) mass is 555 g/mol. The van der Waals surface area contributed by atoms with Crippen molar-refractivity contribution in [3.05, 3.63) is 81.1 Å². The maximum atomic E-state index is 14.0. The number of allylic oxidation sites excluding steroid dienone is 1. The number of carbonyl (C=O) groups is 1. The van der Waals surface area contributed by atoms with E-state index in [-0.39, 0.29) is 34.8 Å². The fourth-order valence-electron chi connectivity index (χ4n) is 4.59. The standard InChI is InChI=1S/C27H24F3N5O3S/c1-3-37-26(36)23-21(14-39-25-15(11-31)10-16-13-35(2)9-8-20(16)34-25)38-24(33)18(12-32)22(23)17-6-4-5-7-19(17)27(28,29)30/h4-7,10,22H,3,8-9,13-14,33H2,1-2H3/t22-/m1/s1. The summed E-state index contributed by atoms with van der Waals surface area (Å²) in [5, 5.41) is 20.0. The van der Waals surface area contributed by atoms with Crippen LogP contribution in [0.1, 0.15) is 40.8 Å². The van der Waals surface area contributed by atoms with E-state index < -0.39 is 29.5 Å². The molecule has 12 heteroatoms. The molecule has 39 heavy (non-hydrogen) atoms. The maximum absolute atomic E-state index is 14.0. The number of halogens is 3. The number of thioether (sulfide) groups is 1. The van der Waals surface area contributed by atoms with Crippen LogP contribution in [0.25, 0.3) is 0 Å². The number of nitrogens with two attached hydrogens (primary N) is 1. The third-order valence-corrected chi connectivity index (χ3v) is 7.35. The van der Waals surface area contributed by atoms with Crippen LogP contribution in [-0.2, 0) is 33.4 Å². The molecule has 1 aromatic heterocycles. The molecule has 0 bridgehead atoms. The van der Waals surface area contributed by atoms with Crippen molar-refractivity contribution in [2.45, 2.75) is 37.0 Å². The lowest BCUT2D eigenvalue weighted by Crippen LogP contribution is -2.28. The van der Waals surface area contributed by atoms with Gasteiger partial charge in [-0.2, -0.15) is 23.7 Å². The number of esters is 1. The highest BCUT2D eigenvalue weighted by molar-refractivity contribution is 7.99. The molecule has 0 fully saturated rings. The smallest absolute Gasteiger partial charge is 0.416 e. The number of rotatable bonds is 6. The number of likely N-dealkylation sites (N-methyl/N-ethyl adjacent to an activating group) is 1. The van der Waals surface area contributed by atoms with Gasteiger partial charge >= 0.3 is 12.1 Å². The average molecular weight is 556 g/mol. The maximum Gasteiger partial charge on any atom is 0.416 e. The number of benzene rings is 1. The van der Waals surface area contributed by atoms with E-state index in [1.165, 1.54) is 18.2 Å². The summed E-state index contributed by atoms with van der Waals surface area (Å²) in [4.78, 5) is 20.0. The molecule has 0 spiro atoms. The van der Waals surface area contributed by atoms with Gasteiger partial charge in [-0.15, -0.1) is 0 Å². The number of hydrogen-bond acceptors (Lipinski definition) is 9. The van der Waals surface area contributed by atoms with E-state index in [9.17, 15) is 28.5 Å².